The smallest absolute Gasteiger partial charge is 0.286 e. The van der Waals surface area contributed by atoms with E-state index in [0.29, 0.717) is 0 Å². The number of alkyl halides is 17. The van der Waals surface area contributed by atoms with Gasteiger partial charge in [-0.05, 0) is 0 Å². The van der Waals surface area contributed by atoms with Crippen LogP contribution in [0.4, 0.5) is 74.6 Å². The van der Waals surface area contributed by atoms with Gasteiger partial charge in [0.05, 0.1) is 5.70 Å². The summed E-state index contributed by atoms with van der Waals surface area (Å²) in [5, 5.41) is 0. The van der Waals surface area contributed by atoms with E-state index >= 15 is 0 Å². The highest BCUT2D eigenvalue weighted by Gasteiger charge is 2.95. The van der Waals surface area contributed by atoms with Gasteiger partial charge in [0.1, 0.15) is 0 Å². The van der Waals surface area contributed by atoms with E-state index in [-0.39, 0.29) is 0 Å². The second kappa shape index (κ2) is 7.37. The summed E-state index contributed by atoms with van der Waals surface area (Å²) in [6.07, 6.45) is -14.5. The van der Waals surface area contributed by atoms with Crippen molar-refractivity contribution >= 4 is 10.1 Å². The van der Waals surface area contributed by atoms with Gasteiger partial charge in [0, 0.05) is 11.9 Å². The molecule has 0 aromatic rings. The second-order valence-electron chi connectivity index (χ2n) is 5.22. The highest BCUT2D eigenvalue weighted by Crippen LogP contribution is 2.64. The van der Waals surface area contributed by atoms with E-state index in [1.54, 1.807) is 0 Å². The van der Waals surface area contributed by atoms with Crippen molar-refractivity contribution in [3.63, 3.8) is 0 Å². The molecule has 0 heterocycles. The predicted molar refractivity (Wildman–Crippen MR) is 61.7 cm³/mol. The van der Waals surface area contributed by atoms with Gasteiger partial charge in [-0.25, -0.2) is 0 Å². The van der Waals surface area contributed by atoms with Crippen LogP contribution in [0, 0.1) is 0 Å². The third-order valence-electron chi connectivity index (χ3n) is 3.06. The van der Waals surface area contributed by atoms with Gasteiger partial charge in [-0.2, -0.15) is 83.1 Å². The number of hydrogen-bond acceptors (Lipinski definition) is 2. The first-order valence-electron chi connectivity index (χ1n) is 8.18. The van der Waals surface area contributed by atoms with Crippen LogP contribution >= 0.6 is 0 Å². The maximum atomic E-state index is 13.8. The summed E-state index contributed by atoms with van der Waals surface area (Å²) < 4.78 is 278. The molecule has 31 heavy (non-hydrogen) atoms. The topological polar surface area (TPSA) is 54.4 Å². The third-order valence-corrected chi connectivity index (χ3v) is 3.42. The lowest BCUT2D eigenvalue weighted by molar-refractivity contribution is -0.461. The number of hydrogen-bond donors (Lipinski definition) is 1. The molecular weight excluding hydrogens is 525 g/mol. The molecule has 0 spiro atoms. The molecule has 21 heteroatoms. The maximum Gasteiger partial charge on any atom is 0.460 e. The molecule has 0 rings (SSSR count). The van der Waals surface area contributed by atoms with Crippen molar-refractivity contribution in [3.8, 4) is 0 Å². The quantitative estimate of drug-likeness (QED) is 0.249. The Hall–Kier alpha value is -1.28. The Kier molecular flexibility index (Phi) is 5.44. The lowest BCUT2D eigenvalue weighted by Crippen LogP contribution is -2.74. The van der Waals surface area contributed by atoms with Crippen LogP contribution in [0.25, 0.3) is 0 Å². The van der Waals surface area contributed by atoms with Gasteiger partial charge in [-0.15, -0.1) is 0 Å². The van der Waals surface area contributed by atoms with Crippen molar-refractivity contribution in [2.45, 2.75) is 54.0 Å². The van der Waals surface area contributed by atoms with Crippen LogP contribution < -0.4 is 0 Å². The lowest BCUT2D eigenvalue weighted by Gasteiger charge is -2.42. The molecule has 0 aliphatic heterocycles. The zero-order chi connectivity index (χ0) is 29.5. The zero-order valence-electron chi connectivity index (χ0n) is 17.1. The SMILES string of the molecule is [2H][13C]([2H])(C(F)(F)C(F)(F)C(F)(F)C(F)(F)C(F)(F)C(F)(F)C(F)(F)C(F)(F)F)[13C]([2H])([2H])S(=O)(=O)O. The lowest BCUT2D eigenvalue weighted by atomic mass is 9.90. The summed E-state index contributed by atoms with van der Waals surface area (Å²) in [4.78, 5) is 0. The molecule has 0 unspecified atom stereocenters. The van der Waals surface area contributed by atoms with E-state index in [1.165, 1.54) is 0 Å². The summed E-state index contributed by atoms with van der Waals surface area (Å²) in [5.41, 5.74) is -5.89. The van der Waals surface area contributed by atoms with Crippen LogP contribution in [-0.4, -0.2) is 66.3 Å². The normalized spacial score (nSPS) is 19.4. The Balaban J connectivity index is 7.21. The van der Waals surface area contributed by atoms with Crippen molar-refractivity contribution < 1.29 is 93.1 Å². The minimum atomic E-state index is -9.06. The summed E-state index contributed by atoms with van der Waals surface area (Å²) in [7, 11) is -7.05. The Morgan fingerprint density at radius 2 is 0.806 bits per heavy atom. The van der Waals surface area contributed by atoms with E-state index in [2.05, 4.69) is 0 Å². The molecule has 0 bridgehead atoms. The van der Waals surface area contributed by atoms with Gasteiger partial charge in [0.2, 0.25) is 0 Å². The highest BCUT2D eigenvalue weighted by atomic mass is 32.2. The van der Waals surface area contributed by atoms with Crippen molar-refractivity contribution in [1.82, 2.24) is 0 Å². The van der Waals surface area contributed by atoms with E-state index in [4.69, 9.17) is 10.0 Å². The molecule has 1 N–H and O–H groups in total. The molecule has 0 fully saturated rings. The van der Waals surface area contributed by atoms with Crippen molar-refractivity contribution in [3.05, 3.63) is 0 Å². The van der Waals surface area contributed by atoms with Gasteiger partial charge in [-0.1, -0.05) is 0 Å². The Bertz CT molecular complexity index is 927. The van der Waals surface area contributed by atoms with Gasteiger partial charge in [-0.3, -0.25) is 4.55 Å². The monoisotopic (exact) mass is 534 g/mol. The largest absolute Gasteiger partial charge is 0.460 e. The average molecular weight is 534 g/mol. The Morgan fingerprint density at radius 1 is 0.548 bits per heavy atom. The Morgan fingerprint density at radius 3 is 1.06 bits per heavy atom. The predicted octanol–water partition coefficient (Wildman–Crippen LogP) is 5.27. The molecule has 0 aromatic carbocycles. The minimum Gasteiger partial charge on any atom is -0.286 e. The number of halogens is 17. The minimum absolute atomic E-state index is 5.89. The van der Waals surface area contributed by atoms with Gasteiger partial charge in [0.15, 0.2) is 0 Å². The van der Waals surface area contributed by atoms with Gasteiger partial charge < -0.3 is 0 Å². The summed E-state index contributed by atoms with van der Waals surface area (Å²) in [5.74, 6) is -61.0. The van der Waals surface area contributed by atoms with E-state index in [9.17, 15) is 83.1 Å². The molecule has 0 saturated heterocycles. The molecular formula is C10H5F17O3S. The summed E-state index contributed by atoms with van der Waals surface area (Å²) in [6, 6.07) is 0. The maximum absolute atomic E-state index is 13.8. The second-order valence-corrected chi connectivity index (χ2v) is 6.37. The molecule has 0 radical (unpaired) electrons. The number of rotatable bonds is 9. The highest BCUT2D eigenvalue weighted by molar-refractivity contribution is 7.85. The zero-order valence-corrected chi connectivity index (χ0v) is 13.9. The summed E-state index contributed by atoms with van der Waals surface area (Å²) >= 11 is 0. The molecule has 0 saturated carbocycles. The van der Waals surface area contributed by atoms with Crippen LogP contribution in [0.3, 0.4) is 0 Å². The third kappa shape index (κ3) is 4.34. The molecule has 0 aliphatic carbocycles. The van der Waals surface area contributed by atoms with Crippen LogP contribution in [0.5, 0.6) is 0 Å². The molecule has 0 aromatic heterocycles. The van der Waals surface area contributed by atoms with Crippen molar-refractivity contribution in [2.24, 2.45) is 0 Å². The summed E-state index contributed by atoms with van der Waals surface area (Å²) in [6.45, 7) is 0. The fourth-order valence-electron chi connectivity index (χ4n) is 1.37. The van der Waals surface area contributed by atoms with Crippen molar-refractivity contribution in [2.75, 3.05) is 5.70 Å². The first-order chi connectivity index (χ1) is 14.5. The average Bonchev–Trinajstić information content (AvgIpc) is 2.58. The van der Waals surface area contributed by atoms with E-state index in [0.717, 1.165) is 0 Å². The van der Waals surface area contributed by atoms with Crippen LogP contribution in [0.1, 0.15) is 11.9 Å². The first kappa shape index (κ1) is 22.9. The molecule has 3 nitrogen and oxygen atoms in total. The van der Waals surface area contributed by atoms with Crippen LogP contribution in [-0.2, 0) is 10.1 Å². The standard InChI is InChI=1S/C10H5F17O3S/c11-3(12,1-2-31(28,29)30)4(13,14)5(15,16)6(17,18)7(19,20)8(21,22)9(23,24)10(25,26)27/h1-2H2,(H,28,29,30)/i1+1D2,2+1D2. The fourth-order valence-corrected chi connectivity index (χ4v) is 1.63. The van der Waals surface area contributed by atoms with E-state index < -0.39 is 69.8 Å². The molecule has 0 aliphatic rings. The van der Waals surface area contributed by atoms with Gasteiger partial charge >= 0.3 is 47.6 Å². The van der Waals surface area contributed by atoms with Gasteiger partial charge in [0.25, 0.3) is 10.1 Å². The van der Waals surface area contributed by atoms with Crippen LogP contribution in [0.2, 0.25) is 0 Å². The van der Waals surface area contributed by atoms with Crippen molar-refractivity contribution in [1.29, 1.82) is 0 Å². The molecule has 188 valence electrons. The van der Waals surface area contributed by atoms with E-state index in [1.807, 2.05) is 0 Å². The molecule has 0 atom stereocenters. The first-order valence-corrected chi connectivity index (χ1v) is 7.62. The fraction of sp³-hybridized carbons (Fsp3) is 1.00. The molecule has 0 amide bonds. The Labute approximate surface area is 164 Å². The van der Waals surface area contributed by atoms with Crippen LogP contribution in [0.15, 0.2) is 0 Å².